The minimum atomic E-state index is 0.169. The van der Waals surface area contributed by atoms with Gasteiger partial charge in [0.05, 0.1) is 6.10 Å². The minimum absolute atomic E-state index is 0.169. The summed E-state index contributed by atoms with van der Waals surface area (Å²) in [7, 11) is 4.99. The number of nitrogens with one attached hydrogen (secondary N) is 3. The summed E-state index contributed by atoms with van der Waals surface area (Å²) < 4.78 is 5.61. The molecule has 4 N–H and O–H groups in total. The van der Waals surface area contributed by atoms with Crippen molar-refractivity contribution in [2.75, 3.05) is 54.0 Å². The lowest BCUT2D eigenvalue weighted by Crippen LogP contribution is -2.40. The maximum Gasteiger partial charge on any atom is 0.220 e. The van der Waals surface area contributed by atoms with Crippen LogP contribution in [0.25, 0.3) is 0 Å². The Morgan fingerprint density at radius 2 is 1.03 bits per heavy atom. The number of carbonyl (C=O) groups excluding carboxylic acids is 1. The summed E-state index contributed by atoms with van der Waals surface area (Å²) in [5.41, 5.74) is 3.74. The highest BCUT2D eigenvalue weighted by molar-refractivity contribution is 5.76. The van der Waals surface area contributed by atoms with Crippen LogP contribution >= 0.6 is 0 Å². The van der Waals surface area contributed by atoms with E-state index >= 15 is 0 Å². The van der Waals surface area contributed by atoms with Crippen LogP contribution in [0.1, 0.15) is 313 Å². The van der Waals surface area contributed by atoms with E-state index in [0.717, 1.165) is 45.5 Å². The van der Waals surface area contributed by atoms with Gasteiger partial charge < -0.3 is 25.8 Å². The highest BCUT2D eigenvalue weighted by Crippen LogP contribution is 2.36. The second-order valence-electron chi connectivity index (χ2n) is 23.5. The minimum Gasteiger partial charge on any atom is -0.400 e. The van der Waals surface area contributed by atoms with Crippen LogP contribution in [-0.2, 0) is 9.53 Å². The van der Waals surface area contributed by atoms with Crippen molar-refractivity contribution in [1.29, 1.82) is 0 Å². The van der Waals surface area contributed by atoms with Crippen LogP contribution in [0.5, 0.6) is 0 Å². The maximum atomic E-state index is 11.5. The molecule has 7 nitrogen and oxygen atoms in total. The van der Waals surface area contributed by atoms with Gasteiger partial charge in [0, 0.05) is 45.8 Å². The van der Waals surface area contributed by atoms with Crippen molar-refractivity contribution in [2.24, 2.45) is 11.3 Å². The van der Waals surface area contributed by atoms with E-state index in [1.165, 1.54) is 250 Å². The molecule has 0 bridgehead atoms. The van der Waals surface area contributed by atoms with Gasteiger partial charge in [-0.05, 0) is 135 Å². The summed E-state index contributed by atoms with van der Waals surface area (Å²) in [6, 6.07) is 1.02. The first-order chi connectivity index (χ1) is 35.5. The lowest BCUT2D eigenvalue weighted by Gasteiger charge is -2.32. The van der Waals surface area contributed by atoms with Gasteiger partial charge in [-0.3, -0.25) is 9.69 Å². The van der Waals surface area contributed by atoms with Crippen molar-refractivity contribution in [2.45, 2.75) is 331 Å². The summed E-state index contributed by atoms with van der Waals surface area (Å²) >= 11 is 0. The zero-order valence-electron chi connectivity index (χ0n) is 51.8. The monoisotopic (exact) mass is 1030 g/mol. The van der Waals surface area contributed by atoms with Crippen LogP contribution in [-0.4, -0.2) is 88.1 Å². The molecule has 2 rings (SSSR count). The zero-order chi connectivity index (χ0) is 54.5. The molecule has 7 heteroatoms. The molecule has 1 amide bonds. The fourth-order valence-corrected chi connectivity index (χ4v) is 9.85. The quantitative estimate of drug-likeness (QED) is 0.0359. The summed E-state index contributed by atoms with van der Waals surface area (Å²) in [4.78, 5) is 14.2. The smallest absolute Gasteiger partial charge is 0.220 e. The number of methoxy groups -OCH3 is 1. The number of unbranched alkanes of at least 4 members (excludes halogenated alkanes) is 23. The van der Waals surface area contributed by atoms with E-state index in [9.17, 15) is 4.79 Å². The summed E-state index contributed by atoms with van der Waals surface area (Å²) in [5, 5.41) is 16.7. The average molecular weight is 1030 g/mol. The number of aliphatic hydroxyl groups is 1. The molecule has 0 aromatic carbocycles. The molecule has 2 aliphatic carbocycles. The number of hydrogen-bond acceptors (Lipinski definition) is 6. The van der Waals surface area contributed by atoms with E-state index in [2.05, 4.69) is 102 Å². The van der Waals surface area contributed by atoms with Crippen LogP contribution < -0.4 is 16.0 Å². The molecule has 0 heterocycles. The van der Waals surface area contributed by atoms with Crippen molar-refractivity contribution in [3.05, 3.63) is 23.3 Å². The molecular weight excluding hydrogens is 897 g/mol. The Labute approximate surface area is 459 Å². The van der Waals surface area contributed by atoms with Crippen LogP contribution in [0.3, 0.4) is 0 Å². The Hall–Kier alpha value is -1.25. The maximum absolute atomic E-state index is 11.5. The van der Waals surface area contributed by atoms with Crippen LogP contribution in [0.15, 0.2) is 23.3 Å². The molecule has 0 saturated heterocycles. The van der Waals surface area contributed by atoms with Gasteiger partial charge in [-0.15, -0.1) is 0 Å². The molecule has 2 aliphatic rings. The molecule has 436 valence electrons. The Bertz CT molecular complexity index is 1180. The van der Waals surface area contributed by atoms with Crippen molar-refractivity contribution in [1.82, 2.24) is 20.9 Å². The van der Waals surface area contributed by atoms with Crippen LogP contribution in [0, 0.1) is 11.3 Å². The van der Waals surface area contributed by atoms with Gasteiger partial charge in [0.2, 0.25) is 5.91 Å². The lowest BCUT2D eigenvalue weighted by molar-refractivity contribution is -0.121. The SMILES string of the molecule is CCCCCCCCC(C)C(C)(C)CCCCCCN(CCCCCCCC=C1CC1)C(C)CNC.CCCCCCCCC(CCCCCCCC)OC.CCCNC(C)CNC(=O)CCC=C1CC1.CO. The number of allylic oxidation sites excluding steroid dienone is 4. The Balaban J connectivity index is 0. The Kier molecular flexibility index (Phi) is 56.1. The predicted octanol–water partition coefficient (Wildman–Crippen LogP) is 18.4. The number of hydrogen-bond donors (Lipinski definition) is 4. The first-order valence-electron chi connectivity index (χ1n) is 32.2. The lowest BCUT2D eigenvalue weighted by atomic mass is 9.74. The highest BCUT2D eigenvalue weighted by Gasteiger charge is 2.25. The average Bonchev–Trinajstić information content (AvgIpc) is 4.35. The highest BCUT2D eigenvalue weighted by atomic mass is 16.5. The molecule has 3 atom stereocenters. The second kappa shape index (κ2) is 55.5. The molecule has 2 saturated carbocycles. The zero-order valence-corrected chi connectivity index (χ0v) is 51.8. The molecule has 0 aliphatic heterocycles. The number of nitrogens with zero attached hydrogens (tertiary/aromatic N) is 1. The normalized spacial score (nSPS) is 14.1. The molecule has 0 radical (unpaired) electrons. The molecule has 0 aromatic rings. The number of amides is 1. The first-order valence-corrected chi connectivity index (χ1v) is 32.2. The van der Waals surface area contributed by atoms with E-state index in [4.69, 9.17) is 9.84 Å². The van der Waals surface area contributed by atoms with Gasteiger partial charge in [-0.2, -0.15) is 0 Å². The van der Waals surface area contributed by atoms with Crippen molar-refractivity contribution >= 4 is 5.91 Å². The predicted molar refractivity (Wildman–Crippen MR) is 326 cm³/mol. The summed E-state index contributed by atoms with van der Waals surface area (Å²) in [5.74, 6) is 1.03. The Morgan fingerprint density at radius 3 is 1.49 bits per heavy atom. The fraction of sp³-hybridized carbons (Fsp3) is 0.924. The van der Waals surface area contributed by atoms with Gasteiger partial charge in [0.1, 0.15) is 0 Å². The van der Waals surface area contributed by atoms with Gasteiger partial charge in [0.15, 0.2) is 0 Å². The van der Waals surface area contributed by atoms with E-state index in [1.807, 2.05) is 7.11 Å². The van der Waals surface area contributed by atoms with E-state index in [1.54, 1.807) is 5.57 Å². The first kappa shape index (κ1) is 73.8. The standard InChI is InChI=1S/C34H68N2.C18H38O.C13H24N2O.CH4O/c1-7-8-9-10-13-18-23-31(2)34(4,5)27-20-15-17-22-29-36(32(3)30-35-6)28-21-16-12-11-14-19-24-33-25-26-33;1-4-6-8-10-12-14-16-18(19-3)17-15-13-11-9-7-5-2;1-3-9-14-11(2)10-15-13(16)6-4-5-12-7-8-12;1-2/h24,31-32,35H,7-23,25-30H2,1-6H3;18H,4-17H2,1-3H3;5,11,14H,3-4,6-10H2,1-2H3,(H,15,16);2H,1H3. The third kappa shape index (κ3) is 52.6. The second-order valence-corrected chi connectivity index (χ2v) is 23.5. The van der Waals surface area contributed by atoms with E-state index in [-0.39, 0.29) is 5.91 Å². The van der Waals surface area contributed by atoms with Crippen molar-refractivity contribution < 1.29 is 14.6 Å². The van der Waals surface area contributed by atoms with Gasteiger partial charge >= 0.3 is 0 Å². The molecular formula is C66H134N4O3. The van der Waals surface area contributed by atoms with Crippen molar-refractivity contribution in [3.63, 3.8) is 0 Å². The molecule has 0 spiro atoms. The van der Waals surface area contributed by atoms with Gasteiger partial charge in [0.25, 0.3) is 0 Å². The van der Waals surface area contributed by atoms with E-state index in [0.29, 0.717) is 30.0 Å². The third-order valence-electron chi connectivity index (χ3n) is 15.9. The topological polar surface area (TPSA) is 85.9 Å². The third-order valence-corrected chi connectivity index (χ3v) is 15.9. The van der Waals surface area contributed by atoms with Gasteiger partial charge in [-0.1, -0.05) is 232 Å². The number of likely N-dealkylation sites (N-methyl/N-ethyl adjacent to an activating group) is 1. The van der Waals surface area contributed by atoms with E-state index < -0.39 is 0 Å². The number of rotatable bonds is 49. The molecule has 73 heavy (non-hydrogen) atoms. The Morgan fingerprint density at radius 1 is 0.589 bits per heavy atom. The summed E-state index contributed by atoms with van der Waals surface area (Å²) in [6.07, 6.45) is 57.8. The molecule has 0 aromatic heterocycles. The molecule has 2 fully saturated rings. The van der Waals surface area contributed by atoms with Gasteiger partial charge in [-0.25, -0.2) is 0 Å². The number of ether oxygens (including phenoxy) is 1. The van der Waals surface area contributed by atoms with Crippen LogP contribution in [0.4, 0.5) is 0 Å². The number of aliphatic hydroxyl groups excluding tert-OH is 1. The molecule has 3 unspecified atom stereocenters. The van der Waals surface area contributed by atoms with Crippen molar-refractivity contribution in [3.8, 4) is 0 Å². The summed E-state index contributed by atoms with van der Waals surface area (Å²) in [6.45, 7) is 26.5. The number of carbonyl (C=O) groups is 1. The largest absolute Gasteiger partial charge is 0.400 e. The fourth-order valence-electron chi connectivity index (χ4n) is 9.85. The van der Waals surface area contributed by atoms with Crippen LogP contribution in [0.2, 0.25) is 0 Å².